The summed E-state index contributed by atoms with van der Waals surface area (Å²) < 4.78 is 26.2. The molecule has 0 amide bonds. The van der Waals surface area contributed by atoms with E-state index >= 15 is 0 Å². The smallest absolute Gasteiger partial charge is 0.353 e. The molecule has 0 spiro atoms. The quantitative estimate of drug-likeness (QED) is 0.778. The van der Waals surface area contributed by atoms with E-state index in [-0.39, 0.29) is 23.6 Å². The molecule has 2 aromatic rings. The molecule has 1 aromatic heterocycles. The van der Waals surface area contributed by atoms with Crippen LogP contribution in [0.3, 0.4) is 0 Å². The van der Waals surface area contributed by atoms with E-state index in [1.165, 1.54) is 6.07 Å². The normalized spacial score (nSPS) is 10.3. The van der Waals surface area contributed by atoms with Crippen molar-refractivity contribution in [2.75, 3.05) is 5.32 Å². The molecular formula is C11H9F2N3O2. The SMILES string of the molecule is O=C(O)c1cc(NCc2cc(F)ccc2F)n[nH]1. The van der Waals surface area contributed by atoms with Crippen molar-refractivity contribution in [1.82, 2.24) is 10.2 Å². The Hall–Kier alpha value is -2.44. The molecule has 0 fully saturated rings. The Balaban J connectivity index is 2.06. The number of rotatable bonds is 4. The maximum absolute atomic E-state index is 13.3. The number of carbonyl (C=O) groups is 1. The van der Waals surface area contributed by atoms with Gasteiger partial charge in [-0.25, -0.2) is 13.6 Å². The molecule has 2 rings (SSSR count). The molecule has 0 aliphatic carbocycles. The average Bonchev–Trinajstić information content (AvgIpc) is 2.79. The number of anilines is 1. The maximum atomic E-state index is 13.3. The Morgan fingerprint density at radius 3 is 2.83 bits per heavy atom. The second kappa shape index (κ2) is 4.82. The summed E-state index contributed by atoms with van der Waals surface area (Å²) in [5, 5.41) is 17.3. The first-order chi connectivity index (χ1) is 8.56. The van der Waals surface area contributed by atoms with E-state index < -0.39 is 17.6 Å². The van der Waals surface area contributed by atoms with Crippen molar-refractivity contribution in [2.24, 2.45) is 0 Å². The third-order valence-corrected chi connectivity index (χ3v) is 2.28. The standard InChI is InChI=1S/C11H9F2N3O2/c12-7-1-2-8(13)6(3-7)5-14-10-4-9(11(17)18)15-16-10/h1-4H,5H2,(H,17,18)(H2,14,15,16). The highest BCUT2D eigenvalue weighted by Gasteiger charge is 2.08. The van der Waals surface area contributed by atoms with Crippen molar-refractivity contribution in [3.8, 4) is 0 Å². The molecule has 5 nitrogen and oxygen atoms in total. The van der Waals surface area contributed by atoms with Crippen molar-refractivity contribution >= 4 is 11.8 Å². The van der Waals surface area contributed by atoms with Crippen LogP contribution in [0.4, 0.5) is 14.6 Å². The van der Waals surface area contributed by atoms with Gasteiger partial charge in [0.05, 0.1) is 0 Å². The molecule has 0 saturated carbocycles. The molecule has 0 saturated heterocycles. The zero-order valence-electron chi connectivity index (χ0n) is 9.08. The minimum atomic E-state index is -1.15. The van der Waals surface area contributed by atoms with Gasteiger partial charge in [0.1, 0.15) is 23.1 Å². The lowest BCUT2D eigenvalue weighted by molar-refractivity contribution is 0.0690. The first kappa shape index (κ1) is 12.0. The van der Waals surface area contributed by atoms with Gasteiger partial charge in [0, 0.05) is 18.2 Å². The molecule has 0 radical (unpaired) electrons. The van der Waals surface area contributed by atoms with Gasteiger partial charge >= 0.3 is 5.97 Å². The number of hydrogen-bond acceptors (Lipinski definition) is 3. The van der Waals surface area contributed by atoms with Crippen molar-refractivity contribution in [2.45, 2.75) is 6.54 Å². The summed E-state index contributed by atoms with van der Waals surface area (Å²) in [6.45, 7) is 0.00745. The van der Waals surface area contributed by atoms with E-state index in [2.05, 4.69) is 15.5 Å². The van der Waals surface area contributed by atoms with Gasteiger partial charge in [-0.2, -0.15) is 5.10 Å². The molecule has 3 N–H and O–H groups in total. The molecule has 0 atom stereocenters. The second-order valence-electron chi connectivity index (χ2n) is 3.56. The lowest BCUT2D eigenvalue weighted by atomic mass is 10.2. The molecule has 1 heterocycles. The van der Waals surface area contributed by atoms with Crippen LogP contribution in [0.1, 0.15) is 16.1 Å². The van der Waals surface area contributed by atoms with Crippen LogP contribution in [-0.4, -0.2) is 21.3 Å². The van der Waals surface area contributed by atoms with Gasteiger partial charge in [-0.15, -0.1) is 0 Å². The minimum absolute atomic E-state index is 0.00745. The Morgan fingerprint density at radius 1 is 1.39 bits per heavy atom. The Bertz CT molecular complexity index is 583. The van der Waals surface area contributed by atoms with E-state index in [1.807, 2.05) is 0 Å². The highest BCUT2D eigenvalue weighted by Crippen LogP contribution is 2.12. The summed E-state index contributed by atoms with van der Waals surface area (Å²) >= 11 is 0. The van der Waals surface area contributed by atoms with Crippen LogP contribution in [0.2, 0.25) is 0 Å². The Morgan fingerprint density at radius 2 is 2.17 bits per heavy atom. The molecule has 0 bridgehead atoms. The number of carboxylic acid groups (broad SMARTS) is 1. The van der Waals surface area contributed by atoms with Crippen molar-refractivity contribution < 1.29 is 18.7 Å². The zero-order valence-corrected chi connectivity index (χ0v) is 9.08. The second-order valence-corrected chi connectivity index (χ2v) is 3.56. The van der Waals surface area contributed by atoms with Crippen LogP contribution < -0.4 is 5.32 Å². The zero-order chi connectivity index (χ0) is 13.1. The number of nitrogens with zero attached hydrogens (tertiary/aromatic N) is 1. The fourth-order valence-electron chi connectivity index (χ4n) is 1.39. The van der Waals surface area contributed by atoms with Gasteiger partial charge in [-0.05, 0) is 18.2 Å². The summed E-state index contributed by atoms with van der Waals surface area (Å²) in [5.74, 6) is -1.98. The van der Waals surface area contributed by atoms with Crippen LogP contribution in [0.15, 0.2) is 24.3 Å². The number of aromatic amines is 1. The van der Waals surface area contributed by atoms with E-state index in [9.17, 15) is 13.6 Å². The largest absolute Gasteiger partial charge is 0.477 e. The van der Waals surface area contributed by atoms with Gasteiger partial charge in [-0.3, -0.25) is 5.10 Å². The first-order valence-corrected chi connectivity index (χ1v) is 5.03. The molecule has 0 aliphatic heterocycles. The molecular weight excluding hydrogens is 244 g/mol. The molecule has 0 unspecified atom stereocenters. The van der Waals surface area contributed by atoms with Gasteiger partial charge in [0.2, 0.25) is 0 Å². The molecule has 0 aliphatic rings. The molecule has 18 heavy (non-hydrogen) atoms. The number of halogens is 2. The van der Waals surface area contributed by atoms with Crippen molar-refractivity contribution in [3.05, 3.63) is 47.2 Å². The molecule has 7 heteroatoms. The average molecular weight is 253 g/mol. The van der Waals surface area contributed by atoms with E-state index in [0.717, 1.165) is 18.2 Å². The third-order valence-electron chi connectivity index (χ3n) is 2.28. The number of aromatic nitrogens is 2. The number of hydrogen-bond donors (Lipinski definition) is 3. The van der Waals surface area contributed by atoms with Gasteiger partial charge in [-0.1, -0.05) is 0 Å². The third kappa shape index (κ3) is 2.62. The van der Waals surface area contributed by atoms with Gasteiger partial charge in [0.25, 0.3) is 0 Å². The van der Waals surface area contributed by atoms with Gasteiger partial charge < -0.3 is 10.4 Å². The summed E-state index contributed by atoms with van der Waals surface area (Å²) in [7, 11) is 0. The summed E-state index contributed by atoms with van der Waals surface area (Å²) in [4.78, 5) is 10.6. The van der Waals surface area contributed by atoms with E-state index in [4.69, 9.17) is 5.11 Å². The predicted molar refractivity (Wildman–Crippen MR) is 59.2 cm³/mol. The highest BCUT2D eigenvalue weighted by molar-refractivity contribution is 5.86. The fourth-order valence-corrected chi connectivity index (χ4v) is 1.39. The van der Waals surface area contributed by atoms with Crippen LogP contribution >= 0.6 is 0 Å². The predicted octanol–water partition coefficient (Wildman–Crippen LogP) is 2.00. The van der Waals surface area contributed by atoms with Crippen LogP contribution in [-0.2, 0) is 6.54 Å². The Labute approximate surface area is 100 Å². The van der Waals surface area contributed by atoms with Crippen molar-refractivity contribution in [1.29, 1.82) is 0 Å². The fraction of sp³-hybridized carbons (Fsp3) is 0.0909. The topological polar surface area (TPSA) is 78.0 Å². The number of carboxylic acids is 1. The van der Waals surface area contributed by atoms with Crippen LogP contribution in [0.5, 0.6) is 0 Å². The molecule has 1 aromatic carbocycles. The van der Waals surface area contributed by atoms with Crippen LogP contribution in [0, 0.1) is 11.6 Å². The minimum Gasteiger partial charge on any atom is -0.477 e. The highest BCUT2D eigenvalue weighted by atomic mass is 19.1. The first-order valence-electron chi connectivity index (χ1n) is 5.03. The maximum Gasteiger partial charge on any atom is 0.353 e. The monoisotopic (exact) mass is 253 g/mol. The van der Waals surface area contributed by atoms with Crippen molar-refractivity contribution in [3.63, 3.8) is 0 Å². The van der Waals surface area contributed by atoms with Gasteiger partial charge in [0.15, 0.2) is 0 Å². The Kier molecular flexibility index (Phi) is 3.22. The van der Waals surface area contributed by atoms with E-state index in [1.54, 1.807) is 0 Å². The number of nitrogens with one attached hydrogen (secondary N) is 2. The lowest BCUT2D eigenvalue weighted by Gasteiger charge is -2.04. The summed E-state index contributed by atoms with van der Waals surface area (Å²) in [6.07, 6.45) is 0. The lowest BCUT2D eigenvalue weighted by Crippen LogP contribution is -2.02. The summed E-state index contributed by atoms with van der Waals surface area (Å²) in [5.41, 5.74) is 0.0482. The summed E-state index contributed by atoms with van der Waals surface area (Å²) in [6, 6.07) is 4.38. The number of benzene rings is 1. The number of H-pyrrole nitrogens is 1. The van der Waals surface area contributed by atoms with Crippen LogP contribution in [0.25, 0.3) is 0 Å². The molecule has 94 valence electrons. The van der Waals surface area contributed by atoms with E-state index in [0.29, 0.717) is 0 Å². The number of aromatic carboxylic acids is 1.